The van der Waals surface area contributed by atoms with Crippen LogP contribution in [-0.4, -0.2) is 15.0 Å². The normalized spacial score (nSPS) is 10.3. The zero-order valence-electron chi connectivity index (χ0n) is 9.62. The van der Waals surface area contributed by atoms with Crippen molar-refractivity contribution in [3.63, 3.8) is 0 Å². The van der Waals surface area contributed by atoms with Crippen molar-refractivity contribution in [2.45, 2.75) is 0 Å². The second kappa shape index (κ2) is 4.84. The number of hydrogen-bond donors (Lipinski definition) is 0. The van der Waals surface area contributed by atoms with Gasteiger partial charge in [0.15, 0.2) is 5.69 Å². The maximum Gasteiger partial charge on any atom is 0.191 e. The highest BCUT2D eigenvalue weighted by molar-refractivity contribution is 7.13. The first-order valence-electron chi connectivity index (χ1n) is 5.45. The van der Waals surface area contributed by atoms with Crippen LogP contribution in [-0.2, 0) is 0 Å². The van der Waals surface area contributed by atoms with Crippen LogP contribution in [0.25, 0.3) is 16.3 Å². The number of halogens is 1. The second-order valence-corrected chi connectivity index (χ2v) is 5.15. The van der Waals surface area contributed by atoms with Crippen LogP contribution in [0.2, 0.25) is 5.02 Å². The predicted octanol–water partition coefficient (Wildman–Crippen LogP) is 3.52. The monoisotopic (exact) mass is 286 g/mol. The van der Waals surface area contributed by atoms with Gasteiger partial charge in [0.25, 0.3) is 0 Å². The molecule has 0 unspecified atom stereocenters. The summed E-state index contributed by atoms with van der Waals surface area (Å²) in [6, 6.07) is 13.2. The van der Waals surface area contributed by atoms with E-state index in [1.54, 1.807) is 28.2 Å². The van der Waals surface area contributed by atoms with E-state index in [1.807, 2.05) is 29.6 Å². The van der Waals surface area contributed by atoms with Crippen LogP contribution in [0.1, 0.15) is 5.69 Å². The number of nitrogens with zero attached hydrogens (tertiary/aromatic N) is 4. The Kier molecular flexibility index (Phi) is 3.03. The molecule has 19 heavy (non-hydrogen) atoms. The van der Waals surface area contributed by atoms with Crippen LogP contribution in [0.15, 0.2) is 41.8 Å². The summed E-state index contributed by atoms with van der Waals surface area (Å²) in [4.78, 5) is 0.955. The number of rotatable bonds is 2. The molecule has 0 aliphatic heterocycles. The van der Waals surface area contributed by atoms with Crippen LogP contribution in [0.3, 0.4) is 0 Å². The van der Waals surface area contributed by atoms with Crippen molar-refractivity contribution in [3.05, 3.63) is 52.5 Å². The van der Waals surface area contributed by atoms with E-state index in [0.29, 0.717) is 16.4 Å². The molecule has 0 saturated heterocycles. The van der Waals surface area contributed by atoms with Gasteiger partial charge in [0.1, 0.15) is 11.8 Å². The van der Waals surface area contributed by atoms with E-state index in [1.165, 1.54) is 0 Å². The molecule has 3 aromatic rings. The van der Waals surface area contributed by atoms with Crippen molar-refractivity contribution in [2.75, 3.05) is 0 Å². The molecule has 2 heterocycles. The fourth-order valence-corrected chi connectivity index (χ4v) is 2.64. The number of thiophene rings is 1. The Labute approximate surface area is 118 Å². The first-order chi connectivity index (χ1) is 9.29. The first kappa shape index (κ1) is 11.9. The Bertz CT molecular complexity index is 738. The van der Waals surface area contributed by atoms with Crippen LogP contribution in [0, 0.1) is 11.3 Å². The third kappa shape index (κ3) is 2.12. The molecule has 0 saturated carbocycles. The Morgan fingerprint density at radius 2 is 2.00 bits per heavy atom. The predicted molar refractivity (Wildman–Crippen MR) is 74.4 cm³/mol. The summed E-state index contributed by atoms with van der Waals surface area (Å²) in [5.74, 6) is 0. The van der Waals surface area contributed by atoms with Crippen LogP contribution in [0.5, 0.6) is 0 Å². The summed E-state index contributed by atoms with van der Waals surface area (Å²) in [5, 5.41) is 19.7. The van der Waals surface area contributed by atoms with E-state index in [0.717, 1.165) is 10.6 Å². The molecule has 0 bridgehead atoms. The van der Waals surface area contributed by atoms with E-state index in [-0.39, 0.29) is 0 Å². The van der Waals surface area contributed by atoms with Crippen LogP contribution < -0.4 is 0 Å². The standard InChI is InChI=1S/C13H7ClN4S/c14-9-3-5-10(6-4-9)18-13(11(8-15)16-17-18)12-2-1-7-19-12/h1-7H. The molecule has 0 aliphatic carbocycles. The molecule has 0 atom stereocenters. The number of hydrogen-bond acceptors (Lipinski definition) is 4. The molecule has 6 heteroatoms. The Morgan fingerprint density at radius 3 is 2.63 bits per heavy atom. The zero-order valence-corrected chi connectivity index (χ0v) is 11.2. The highest BCUT2D eigenvalue weighted by Crippen LogP contribution is 2.29. The molecule has 92 valence electrons. The van der Waals surface area contributed by atoms with Gasteiger partial charge in [0.05, 0.1) is 10.6 Å². The summed E-state index contributed by atoms with van der Waals surface area (Å²) in [6.45, 7) is 0. The van der Waals surface area contributed by atoms with Crippen LogP contribution >= 0.6 is 22.9 Å². The molecular weight excluding hydrogens is 280 g/mol. The van der Waals surface area contributed by atoms with Gasteiger partial charge in [0, 0.05) is 5.02 Å². The zero-order chi connectivity index (χ0) is 13.2. The summed E-state index contributed by atoms with van der Waals surface area (Å²) >= 11 is 7.42. The molecule has 3 rings (SSSR count). The van der Waals surface area contributed by atoms with Gasteiger partial charge in [-0.1, -0.05) is 22.9 Å². The third-order valence-electron chi connectivity index (χ3n) is 2.60. The fraction of sp³-hybridized carbons (Fsp3) is 0. The Hall–Kier alpha value is -2.16. The summed E-state index contributed by atoms with van der Waals surface area (Å²) in [5.41, 5.74) is 1.85. The summed E-state index contributed by atoms with van der Waals surface area (Å²) in [7, 11) is 0. The number of benzene rings is 1. The van der Waals surface area contributed by atoms with Gasteiger partial charge in [-0.25, -0.2) is 4.68 Å². The average Bonchev–Trinajstić information content (AvgIpc) is 3.07. The van der Waals surface area contributed by atoms with Gasteiger partial charge in [-0.15, -0.1) is 16.4 Å². The van der Waals surface area contributed by atoms with Crippen LogP contribution in [0.4, 0.5) is 0 Å². The summed E-state index contributed by atoms with van der Waals surface area (Å²) < 4.78 is 1.65. The topological polar surface area (TPSA) is 54.5 Å². The molecule has 0 fully saturated rings. The smallest absolute Gasteiger partial charge is 0.191 e. The van der Waals surface area contributed by atoms with E-state index in [2.05, 4.69) is 16.4 Å². The maximum absolute atomic E-state index is 9.14. The molecule has 0 radical (unpaired) electrons. The van der Waals surface area contributed by atoms with Crippen molar-refractivity contribution >= 4 is 22.9 Å². The SMILES string of the molecule is N#Cc1nnn(-c2ccc(Cl)cc2)c1-c1cccs1. The second-order valence-electron chi connectivity index (χ2n) is 3.76. The van der Waals surface area contributed by atoms with Crippen molar-refractivity contribution in [1.82, 2.24) is 15.0 Å². The molecule has 0 aliphatic rings. The molecule has 0 spiro atoms. The third-order valence-corrected chi connectivity index (χ3v) is 3.73. The average molecular weight is 287 g/mol. The highest BCUT2D eigenvalue weighted by atomic mass is 35.5. The summed E-state index contributed by atoms with van der Waals surface area (Å²) in [6.07, 6.45) is 0. The highest BCUT2D eigenvalue weighted by Gasteiger charge is 2.16. The van der Waals surface area contributed by atoms with Crippen molar-refractivity contribution in [2.24, 2.45) is 0 Å². The first-order valence-corrected chi connectivity index (χ1v) is 6.71. The lowest BCUT2D eigenvalue weighted by molar-refractivity contribution is 0.807. The lowest BCUT2D eigenvalue weighted by Crippen LogP contribution is -1.98. The van der Waals surface area contributed by atoms with Gasteiger partial charge in [-0.2, -0.15) is 5.26 Å². The minimum absolute atomic E-state index is 0.317. The fourth-order valence-electron chi connectivity index (χ4n) is 1.75. The molecule has 2 aromatic heterocycles. The molecule has 0 amide bonds. The minimum atomic E-state index is 0.317. The number of aromatic nitrogens is 3. The van der Waals surface area contributed by atoms with E-state index >= 15 is 0 Å². The molecule has 4 nitrogen and oxygen atoms in total. The van der Waals surface area contributed by atoms with E-state index < -0.39 is 0 Å². The van der Waals surface area contributed by atoms with E-state index in [9.17, 15) is 0 Å². The Balaban J connectivity index is 2.20. The van der Waals surface area contributed by atoms with Gasteiger partial charge >= 0.3 is 0 Å². The minimum Gasteiger partial charge on any atom is -0.211 e. The Morgan fingerprint density at radius 1 is 1.21 bits per heavy atom. The lowest BCUT2D eigenvalue weighted by Gasteiger charge is -2.04. The number of nitriles is 1. The lowest BCUT2D eigenvalue weighted by atomic mass is 10.2. The molecule has 1 aromatic carbocycles. The molecular formula is C13H7ClN4S. The van der Waals surface area contributed by atoms with Gasteiger partial charge in [-0.05, 0) is 35.7 Å². The van der Waals surface area contributed by atoms with Crippen molar-refractivity contribution < 1.29 is 0 Å². The quantitative estimate of drug-likeness (QED) is 0.724. The largest absolute Gasteiger partial charge is 0.211 e. The van der Waals surface area contributed by atoms with Gasteiger partial charge in [0.2, 0.25) is 0 Å². The van der Waals surface area contributed by atoms with Gasteiger partial charge < -0.3 is 0 Å². The molecule has 0 N–H and O–H groups in total. The van der Waals surface area contributed by atoms with Crippen molar-refractivity contribution in [1.29, 1.82) is 5.26 Å². The maximum atomic E-state index is 9.14. The van der Waals surface area contributed by atoms with E-state index in [4.69, 9.17) is 16.9 Å². The van der Waals surface area contributed by atoms with Crippen molar-refractivity contribution in [3.8, 4) is 22.3 Å². The van der Waals surface area contributed by atoms with Gasteiger partial charge in [-0.3, -0.25) is 0 Å².